The first-order valence-corrected chi connectivity index (χ1v) is 9.94. The van der Waals surface area contributed by atoms with Gasteiger partial charge in [0.25, 0.3) is 10.2 Å². The number of methoxy groups -OCH3 is 1. The van der Waals surface area contributed by atoms with Crippen LogP contribution in [0.3, 0.4) is 0 Å². The SMILES string of the molecule is COCC1CCCN(S(=O)(=O)N(Cc2cccc(O)c2)C2CC2)C1. The van der Waals surface area contributed by atoms with Gasteiger partial charge in [-0.25, -0.2) is 0 Å². The van der Waals surface area contributed by atoms with E-state index in [1.807, 2.05) is 6.07 Å². The molecule has 3 rings (SSSR count). The lowest BCUT2D eigenvalue weighted by Gasteiger charge is -2.35. The summed E-state index contributed by atoms with van der Waals surface area (Å²) in [5.74, 6) is 0.430. The Bertz CT molecular complexity index is 658. The van der Waals surface area contributed by atoms with Crippen LogP contribution in [0.15, 0.2) is 24.3 Å². The Kier molecular flexibility index (Phi) is 5.44. The Hall–Kier alpha value is -1.15. The molecule has 1 aromatic rings. The van der Waals surface area contributed by atoms with E-state index in [9.17, 15) is 13.5 Å². The molecule has 2 aliphatic rings. The number of aromatic hydroxyl groups is 1. The van der Waals surface area contributed by atoms with Crippen LogP contribution in [0.25, 0.3) is 0 Å². The van der Waals surface area contributed by atoms with Crippen LogP contribution in [0.5, 0.6) is 5.75 Å². The van der Waals surface area contributed by atoms with E-state index in [0.717, 1.165) is 31.2 Å². The van der Waals surface area contributed by atoms with Gasteiger partial charge in [0, 0.05) is 32.8 Å². The quantitative estimate of drug-likeness (QED) is 0.813. The van der Waals surface area contributed by atoms with Crippen molar-refractivity contribution in [1.29, 1.82) is 0 Å². The summed E-state index contributed by atoms with van der Waals surface area (Å²) >= 11 is 0. The molecule has 0 aromatic heterocycles. The number of phenols is 1. The third kappa shape index (κ3) is 4.08. The van der Waals surface area contributed by atoms with Gasteiger partial charge in [-0.3, -0.25) is 0 Å². The molecule has 1 aliphatic carbocycles. The van der Waals surface area contributed by atoms with Gasteiger partial charge in [-0.05, 0) is 49.3 Å². The fourth-order valence-electron chi connectivity index (χ4n) is 3.35. The van der Waals surface area contributed by atoms with E-state index in [1.54, 1.807) is 33.9 Å². The number of benzene rings is 1. The van der Waals surface area contributed by atoms with Crippen LogP contribution < -0.4 is 0 Å². The third-order valence-electron chi connectivity index (χ3n) is 4.71. The van der Waals surface area contributed by atoms with Crippen LogP contribution in [0.2, 0.25) is 0 Å². The van der Waals surface area contributed by atoms with Crippen molar-refractivity contribution < 1.29 is 18.3 Å². The molecule has 1 aliphatic heterocycles. The van der Waals surface area contributed by atoms with Gasteiger partial charge >= 0.3 is 0 Å². The lowest BCUT2D eigenvalue weighted by Crippen LogP contribution is -2.49. The van der Waals surface area contributed by atoms with E-state index < -0.39 is 10.2 Å². The Morgan fingerprint density at radius 1 is 1.33 bits per heavy atom. The number of hydrogen-bond acceptors (Lipinski definition) is 4. The maximum absolute atomic E-state index is 13.2. The molecule has 1 unspecified atom stereocenters. The van der Waals surface area contributed by atoms with Gasteiger partial charge in [0.15, 0.2) is 0 Å². The van der Waals surface area contributed by atoms with Crippen molar-refractivity contribution in [2.75, 3.05) is 26.8 Å². The van der Waals surface area contributed by atoms with Gasteiger partial charge in [0.2, 0.25) is 0 Å². The Labute approximate surface area is 144 Å². The minimum atomic E-state index is -3.49. The first-order chi connectivity index (χ1) is 11.5. The largest absolute Gasteiger partial charge is 0.508 e. The van der Waals surface area contributed by atoms with Gasteiger partial charge in [0.1, 0.15) is 5.75 Å². The number of nitrogens with zero attached hydrogens (tertiary/aromatic N) is 2. The zero-order valence-corrected chi connectivity index (χ0v) is 14.9. The molecule has 1 saturated carbocycles. The van der Waals surface area contributed by atoms with Crippen molar-refractivity contribution in [3.05, 3.63) is 29.8 Å². The molecular weight excluding hydrogens is 328 g/mol. The number of rotatable bonds is 7. The molecule has 6 nitrogen and oxygen atoms in total. The van der Waals surface area contributed by atoms with Gasteiger partial charge in [-0.1, -0.05) is 12.1 Å². The molecule has 2 fully saturated rings. The number of phenolic OH excluding ortho intramolecular Hbond substituents is 1. The van der Waals surface area contributed by atoms with Crippen molar-refractivity contribution in [2.24, 2.45) is 5.92 Å². The van der Waals surface area contributed by atoms with Gasteiger partial charge in [-0.2, -0.15) is 17.0 Å². The lowest BCUT2D eigenvalue weighted by molar-refractivity contribution is 0.116. The summed E-state index contributed by atoms with van der Waals surface area (Å²) in [6, 6.07) is 6.92. The molecule has 1 saturated heterocycles. The molecule has 0 bridgehead atoms. The molecule has 0 amide bonds. The molecule has 1 aromatic carbocycles. The van der Waals surface area contributed by atoms with E-state index in [2.05, 4.69) is 0 Å². The molecule has 7 heteroatoms. The maximum Gasteiger partial charge on any atom is 0.282 e. The molecule has 0 spiro atoms. The van der Waals surface area contributed by atoms with Crippen molar-refractivity contribution in [3.63, 3.8) is 0 Å². The minimum Gasteiger partial charge on any atom is -0.508 e. The summed E-state index contributed by atoms with van der Waals surface area (Å²) in [6.07, 6.45) is 3.70. The molecule has 1 atom stereocenters. The average Bonchev–Trinajstić information content (AvgIpc) is 3.38. The molecule has 24 heavy (non-hydrogen) atoms. The van der Waals surface area contributed by atoms with Crippen LogP contribution >= 0.6 is 0 Å². The van der Waals surface area contributed by atoms with Crippen LogP contribution in [0.1, 0.15) is 31.2 Å². The van der Waals surface area contributed by atoms with Crippen LogP contribution in [0, 0.1) is 5.92 Å². The highest BCUT2D eigenvalue weighted by molar-refractivity contribution is 7.86. The zero-order chi connectivity index (χ0) is 17.2. The normalized spacial score (nSPS) is 22.8. The van der Waals surface area contributed by atoms with Gasteiger partial charge < -0.3 is 9.84 Å². The summed E-state index contributed by atoms with van der Waals surface area (Å²) in [6.45, 7) is 2.01. The van der Waals surface area contributed by atoms with Crippen LogP contribution in [0.4, 0.5) is 0 Å². The van der Waals surface area contributed by atoms with E-state index in [4.69, 9.17) is 4.74 Å². The number of hydrogen-bond donors (Lipinski definition) is 1. The number of piperidine rings is 1. The second kappa shape index (κ2) is 7.39. The Morgan fingerprint density at radius 3 is 2.79 bits per heavy atom. The smallest absolute Gasteiger partial charge is 0.282 e. The van der Waals surface area contributed by atoms with Crippen LogP contribution in [-0.2, 0) is 21.5 Å². The first-order valence-electron chi connectivity index (χ1n) is 8.54. The molecular formula is C17H26N2O4S. The summed E-state index contributed by atoms with van der Waals surface area (Å²) in [7, 11) is -1.84. The third-order valence-corrected chi connectivity index (χ3v) is 6.71. The first kappa shape index (κ1) is 17.7. The molecule has 134 valence electrons. The highest BCUT2D eigenvalue weighted by atomic mass is 32.2. The summed E-state index contributed by atoms with van der Waals surface area (Å²) in [5, 5.41) is 9.63. The van der Waals surface area contributed by atoms with Gasteiger partial charge in [0.05, 0.1) is 6.61 Å². The van der Waals surface area contributed by atoms with E-state index in [0.29, 0.717) is 26.2 Å². The highest BCUT2D eigenvalue weighted by Crippen LogP contribution is 2.33. The van der Waals surface area contributed by atoms with E-state index in [-0.39, 0.29) is 17.7 Å². The predicted octanol–water partition coefficient (Wildman–Crippen LogP) is 1.96. The van der Waals surface area contributed by atoms with E-state index in [1.165, 1.54) is 0 Å². The second-order valence-electron chi connectivity index (χ2n) is 6.78. The average molecular weight is 354 g/mol. The Balaban J connectivity index is 1.76. The maximum atomic E-state index is 13.2. The monoisotopic (exact) mass is 354 g/mol. The minimum absolute atomic E-state index is 0.0835. The molecule has 1 heterocycles. The summed E-state index contributed by atoms with van der Waals surface area (Å²) in [4.78, 5) is 0. The summed E-state index contributed by atoms with van der Waals surface area (Å²) in [5.41, 5.74) is 0.816. The fraction of sp³-hybridized carbons (Fsp3) is 0.647. The van der Waals surface area contributed by atoms with Gasteiger partial charge in [-0.15, -0.1) is 0 Å². The predicted molar refractivity (Wildman–Crippen MR) is 91.8 cm³/mol. The van der Waals surface area contributed by atoms with E-state index >= 15 is 0 Å². The molecule has 1 N–H and O–H groups in total. The highest BCUT2D eigenvalue weighted by Gasteiger charge is 2.41. The topological polar surface area (TPSA) is 70.1 Å². The fourth-order valence-corrected chi connectivity index (χ4v) is 5.31. The summed E-state index contributed by atoms with van der Waals surface area (Å²) < 4.78 is 34.7. The van der Waals surface area contributed by atoms with Crippen molar-refractivity contribution in [1.82, 2.24) is 8.61 Å². The van der Waals surface area contributed by atoms with Crippen molar-refractivity contribution in [2.45, 2.75) is 38.3 Å². The number of ether oxygens (including phenoxy) is 1. The van der Waals surface area contributed by atoms with Crippen molar-refractivity contribution >= 4 is 10.2 Å². The Morgan fingerprint density at radius 2 is 2.12 bits per heavy atom. The molecule has 0 radical (unpaired) electrons. The lowest BCUT2D eigenvalue weighted by atomic mass is 10.0. The second-order valence-corrected chi connectivity index (χ2v) is 8.66. The standard InChI is InChI=1S/C17H26N2O4S/c1-23-13-15-5-3-9-18(11-15)24(21,22)19(16-7-8-16)12-14-4-2-6-17(20)10-14/h2,4,6,10,15-16,20H,3,5,7-9,11-13H2,1H3. The van der Waals surface area contributed by atoms with Crippen LogP contribution in [-0.4, -0.2) is 55.0 Å². The zero-order valence-electron chi connectivity index (χ0n) is 14.1. The van der Waals surface area contributed by atoms with Crippen molar-refractivity contribution in [3.8, 4) is 5.75 Å².